The fraction of sp³-hybridized carbons (Fsp3) is 0.667. The Morgan fingerprint density at radius 1 is 1.60 bits per heavy atom. The molecular weight excluding hydrogens is 206 g/mol. The number of ketones is 1. The van der Waals surface area contributed by atoms with Gasteiger partial charge in [0.25, 0.3) is 0 Å². The van der Waals surface area contributed by atoms with Crippen molar-refractivity contribution in [1.82, 2.24) is 9.80 Å². The first-order valence-corrected chi connectivity index (χ1v) is 4.57. The molecule has 0 aromatic carbocycles. The van der Waals surface area contributed by atoms with Crippen molar-refractivity contribution in [2.24, 2.45) is 0 Å². The number of Topliss-reactive ketones (excluding diaryl/α,β-unsaturated/α-hetero) is 1. The fourth-order valence-corrected chi connectivity index (χ4v) is 1.34. The quantitative estimate of drug-likeness (QED) is 0.703. The summed E-state index contributed by atoms with van der Waals surface area (Å²) in [4.78, 5) is 14.8. The molecule has 0 aromatic heterocycles. The number of alkyl halides is 2. The number of hydrogen-bond donors (Lipinski definition) is 0. The minimum Gasteiger partial charge on any atom is -0.429 e. The summed E-state index contributed by atoms with van der Waals surface area (Å²) in [6.07, 6.45) is 1.56. The molecule has 0 unspecified atom stereocenters. The van der Waals surface area contributed by atoms with E-state index in [0.717, 1.165) is 0 Å². The lowest BCUT2D eigenvalue weighted by Crippen LogP contribution is -2.35. The standard InChI is InChI=1S/C9H14F2N2O2/c1-12(2)6-13-4-3-7(14)8(5-13)15-9(10)11/h5,9H,3-4,6H2,1-2H3. The Morgan fingerprint density at radius 2 is 2.27 bits per heavy atom. The highest BCUT2D eigenvalue weighted by molar-refractivity contribution is 5.94. The lowest BCUT2D eigenvalue weighted by Gasteiger charge is -2.28. The number of carbonyl (C=O) groups excluding carboxylic acids is 1. The number of allylic oxidation sites excluding steroid dienone is 1. The molecule has 0 radical (unpaired) electrons. The first-order chi connectivity index (χ1) is 6.99. The van der Waals surface area contributed by atoms with Crippen LogP contribution < -0.4 is 0 Å². The molecule has 1 heterocycles. The predicted octanol–water partition coefficient (Wildman–Crippen LogP) is 0.861. The highest BCUT2D eigenvalue weighted by Gasteiger charge is 2.22. The molecule has 0 aliphatic carbocycles. The monoisotopic (exact) mass is 220 g/mol. The van der Waals surface area contributed by atoms with E-state index < -0.39 is 6.61 Å². The summed E-state index contributed by atoms with van der Waals surface area (Å²) in [7, 11) is 3.72. The van der Waals surface area contributed by atoms with Gasteiger partial charge in [0.2, 0.25) is 5.78 Å². The van der Waals surface area contributed by atoms with Crippen LogP contribution in [0.25, 0.3) is 0 Å². The topological polar surface area (TPSA) is 32.8 Å². The van der Waals surface area contributed by atoms with Gasteiger partial charge >= 0.3 is 6.61 Å². The van der Waals surface area contributed by atoms with Gasteiger partial charge in [0.1, 0.15) is 0 Å². The van der Waals surface area contributed by atoms with E-state index in [9.17, 15) is 13.6 Å². The summed E-state index contributed by atoms with van der Waals surface area (Å²) in [5.41, 5.74) is 0. The van der Waals surface area contributed by atoms with Crippen LogP contribution in [0.2, 0.25) is 0 Å². The van der Waals surface area contributed by atoms with Crippen LogP contribution in [0.1, 0.15) is 6.42 Å². The average molecular weight is 220 g/mol. The van der Waals surface area contributed by atoms with Gasteiger partial charge in [0, 0.05) is 19.2 Å². The molecule has 86 valence electrons. The van der Waals surface area contributed by atoms with Crippen LogP contribution >= 0.6 is 0 Å². The molecule has 0 bridgehead atoms. The maximum absolute atomic E-state index is 11.9. The van der Waals surface area contributed by atoms with E-state index in [1.807, 2.05) is 19.0 Å². The molecule has 0 atom stereocenters. The molecule has 15 heavy (non-hydrogen) atoms. The number of carbonyl (C=O) groups is 1. The Hall–Kier alpha value is -1.17. The second-order valence-electron chi connectivity index (χ2n) is 3.58. The summed E-state index contributed by atoms with van der Waals surface area (Å²) in [5, 5.41) is 0. The highest BCUT2D eigenvalue weighted by atomic mass is 19.3. The molecule has 1 aliphatic heterocycles. The van der Waals surface area contributed by atoms with Gasteiger partial charge in [-0.15, -0.1) is 0 Å². The SMILES string of the molecule is CN(C)CN1C=C(OC(F)F)C(=O)CC1. The first-order valence-electron chi connectivity index (χ1n) is 4.57. The van der Waals surface area contributed by atoms with Gasteiger partial charge in [0.05, 0.1) is 6.67 Å². The summed E-state index contributed by atoms with van der Waals surface area (Å²) in [6.45, 7) is -1.84. The summed E-state index contributed by atoms with van der Waals surface area (Å²) >= 11 is 0. The van der Waals surface area contributed by atoms with E-state index in [0.29, 0.717) is 13.2 Å². The Morgan fingerprint density at radius 3 is 2.80 bits per heavy atom. The van der Waals surface area contributed by atoms with Crippen molar-refractivity contribution in [2.75, 3.05) is 27.3 Å². The predicted molar refractivity (Wildman–Crippen MR) is 50.1 cm³/mol. The third-order valence-corrected chi connectivity index (χ3v) is 1.88. The molecule has 0 saturated heterocycles. The minimum atomic E-state index is -2.94. The van der Waals surface area contributed by atoms with Gasteiger partial charge in [-0.05, 0) is 14.1 Å². The smallest absolute Gasteiger partial charge is 0.387 e. The largest absolute Gasteiger partial charge is 0.429 e. The Bertz CT molecular complexity index is 267. The van der Waals surface area contributed by atoms with E-state index in [2.05, 4.69) is 4.74 Å². The normalized spacial score (nSPS) is 17.3. The van der Waals surface area contributed by atoms with Gasteiger partial charge in [-0.3, -0.25) is 9.69 Å². The molecular formula is C9H14F2N2O2. The molecule has 6 heteroatoms. The van der Waals surface area contributed by atoms with Crippen LogP contribution in [0.4, 0.5) is 8.78 Å². The number of hydrogen-bond acceptors (Lipinski definition) is 4. The number of nitrogens with zero attached hydrogens (tertiary/aromatic N) is 2. The van der Waals surface area contributed by atoms with Crippen molar-refractivity contribution >= 4 is 5.78 Å². The molecule has 1 rings (SSSR count). The van der Waals surface area contributed by atoms with Crippen LogP contribution in [0.15, 0.2) is 12.0 Å². The number of halogens is 2. The molecule has 4 nitrogen and oxygen atoms in total. The van der Waals surface area contributed by atoms with Crippen LogP contribution in [0.5, 0.6) is 0 Å². The summed E-state index contributed by atoms with van der Waals surface area (Å²) in [5.74, 6) is -0.622. The molecule has 0 N–H and O–H groups in total. The average Bonchev–Trinajstić information content (AvgIpc) is 2.09. The van der Waals surface area contributed by atoms with Crippen molar-refractivity contribution in [1.29, 1.82) is 0 Å². The molecule has 0 saturated carbocycles. The third-order valence-electron chi connectivity index (χ3n) is 1.88. The van der Waals surface area contributed by atoms with Crippen molar-refractivity contribution in [3.63, 3.8) is 0 Å². The zero-order valence-electron chi connectivity index (χ0n) is 8.74. The van der Waals surface area contributed by atoms with E-state index in [1.54, 1.807) is 4.90 Å². The second-order valence-corrected chi connectivity index (χ2v) is 3.58. The van der Waals surface area contributed by atoms with Crippen molar-refractivity contribution in [2.45, 2.75) is 13.0 Å². The maximum atomic E-state index is 11.9. The molecule has 0 amide bonds. The second kappa shape index (κ2) is 5.06. The van der Waals surface area contributed by atoms with Crippen molar-refractivity contribution in [3.8, 4) is 0 Å². The highest BCUT2D eigenvalue weighted by Crippen LogP contribution is 2.15. The Labute approximate surface area is 87.1 Å². The van der Waals surface area contributed by atoms with E-state index in [4.69, 9.17) is 0 Å². The zero-order chi connectivity index (χ0) is 11.4. The molecule has 0 fully saturated rings. The Kier molecular flexibility index (Phi) is 4.02. The fourth-order valence-electron chi connectivity index (χ4n) is 1.34. The molecule has 1 aliphatic rings. The number of ether oxygens (including phenoxy) is 1. The van der Waals surface area contributed by atoms with E-state index in [-0.39, 0.29) is 18.0 Å². The van der Waals surface area contributed by atoms with Gasteiger partial charge in [-0.2, -0.15) is 8.78 Å². The van der Waals surface area contributed by atoms with Gasteiger partial charge in [-0.1, -0.05) is 0 Å². The minimum absolute atomic E-state index is 0.215. The van der Waals surface area contributed by atoms with Gasteiger partial charge in [0.15, 0.2) is 5.76 Å². The Balaban J connectivity index is 2.63. The summed E-state index contributed by atoms with van der Waals surface area (Å²) in [6, 6.07) is 0. The van der Waals surface area contributed by atoms with Crippen LogP contribution in [0.3, 0.4) is 0 Å². The van der Waals surface area contributed by atoms with Crippen LogP contribution in [-0.4, -0.2) is 49.5 Å². The lowest BCUT2D eigenvalue weighted by molar-refractivity contribution is -0.135. The van der Waals surface area contributed by atoms with Crippen molar-refractivity contribution < 1.29 is 18.3 Å². The summed E-state index contributed by atoms with van der Waals surface area (Å²) < 4.78 is 28.0. The lowest BCUT2D eigenvalue weighted by atomic mass is 10.2. The zero-order valence-corrected chi connectivity index (χ0v) is 8.74. The molecule has 0 spiro atoms. The number of rotatable bonds is 4. The van der Waals surface area contributed by atoms with E-state index in [1.165, 1.54) is 6.20 Å². The van der Waals surface area contributed by atoms with Crippen LogP contribution in [-0.2, 0) is 9.53 Å². The van der Waals surface area contributed by atoms with E-state index >= 15 is 0 Å². The first kappa shape index (κ1) is 11.9. The third kappa shape index (κ3) is 3.83. The van der Waals surface area contributed by atoms with Gasteiger partial charge in [-0.25, -0.2) is 0 Å². The molecule has 0 aromatic rings. The van der Waals surface area contributed by atoms with Gasteiger partial charge < -0.3 is 9.64 Å². The maximum Gasteiger partial charge on any atom is 0.387 e. The van der Waals surface area contributed by atoms with Crippen molar-refractivity contribution in [3.05, 3.63) is 12.0 Å². The van der Waals surface area contributed by atoms with Crippen LogP contribution in [0, 0.1) is 0 Å².